The van der Waals surface area contributed by atoms with Crippen LogP contribution in [-0.2, 0) is 4.79 Å². The molecule has 4 aliphatic carbocycles. The molecular weight excluding hydrogens is 330 g/mol. The lowest BCUT2D eigenvalue weighted by molar-refractivity contribution is -0.156. The van der Waals surface area contributed by atoms with Gasteiger partial charge in [0.25, 0.3) is 0 Å². The van der Waals surface area contributed by atoms with Crippen LogP contribution in [0.3, 0.4) is 0 Å². The van der Waals surface area contributed by atoms with E-state index in [-0.39, 0.29) is 17.1 Å². The van der Waals surface area contributed by atoms with Gasteiger partial charge in [0.1, 0.15) is 17.6 Å². The molecule has 0 radical (unpaired) electrons. The van der Waals surface area contributed by atoms with E-state index in [1.165, 1.54) is 25.3 Å². The lowest BCUT2D eigenvalue weighted by Crippen LogP contribution is -2.54. The minimum absolute atomic E-state index is 0.0333. The summed E-state index contributed by atoms with van der Waals surface area (Å²) in [6, 6.07) is 3.13. The predicted octanol–water partition coefficient (Wildman–Crippen LogP) is 3.14. The van der Waals surface area contributed by atoms with Gasteiger partial charge in [-0.15, -0.1) is 0 Å². The van der Waals surface area contributed by atoms with E-state index in [1.807, 2.05) is 4.90 Å². The molecule has 5 nitrogen and oxygen atoms in total. The fourth-order valence-corrected chi connectivity index (χ4v) is 6.55. The lowest BCUT2D eigenvalue weighted by atomic mass is 9.49. The van der Waals surface area contributed by atoms with Gasteiger partial charge in [0.05, 0.1) is 18.0 Å². The van der Waals surface area contributed by atoms with Crippen LogP contribution in [0.4, 0.5) is 0 Å². The van der Waals surface area contributed by atoms with Crippen LogP contribution in [0.15, 0.2) is 21.3 Å². The summed E-state index contributed by atoms with van der Waals surface area (Å²) in [5, 5.41) is 0. The molecule has 0 N–H and O–H groups in total. The van der Waals surface area contributed by atoms with Crippen molar-refractivity contribution in [2.75, 3.05) is 13.1 Å². The highest BCUT2D eigenvalue weighted by Crippen LogP contribution is 2.60. The number of likely N-dealkylation sites (tertiary alicyclic amines) is 1. The van der Waals surface area contributed by atoms with Crippen LogP contribution in [0.2, 0.25) is 0 Å². The van der Waals surface area contributed by atoms with Crippen LogP contribution in [-0.4, -0.2) is 30.0 Å². The number of carbonyl (C=O) groups is 1. The van der Waals surface area contributed by atoms with Crippen LogP contribution in [0.25, 0.3) is 0 Å². The largest absolute Gasteiger partial charge is 0.488 e. The van der Waals surface area contributed by atoms with E-state index in [9.17, 15) is 9.59 Å². The number of ether oxygens (including phenoxy) is 1. The Morgan fingerprint density at radius 3 is 2.42 bits per heavy atom. The molecule has 6 rings (SSSR count). The summed E-state index contributed by atoms with van der Waals surface area (Å²) in [5.41, 5.74) is -0.465. The maximum absolute atomic E-state index is 13.4. The Morgan fingerprint density at radius 2 is 1.81 bits per heavy atom. The van der Waals surface area contributed by atoms with Crippen molar-refractivity contribution in [1.82, 2.24) is 4.90 Å². The molecule has 5 fully saturated rings. The molecule has 5 heteroatoms. The maximum Gasteiger partial charge on any atom is 0.339 e. The van der Waals surface area contributed by atoms with Gasteiger partial charge >= 0.3 is 5.63 Å². The van der Waals surface area contributed by atoms with E-state index in [0.29, 0.717) is 24.0 Å². The van der Waals surface area contributed by atoms with Crippen LogP contribution < -0.4 is 10.4 Å². The standard InChI is InChI=1S/C21H27NO4/c1-13-4-18(8-19(23)25-13)26-17-2-3-22(12-17)20(24)21-9-14-5-15(10-21)7-16(6-14)11-21/h4,8,14-17H,2-3,5-7,9-12H2,1H3. The zero-order valence-corrected chi connectivity index (χ0v) is 15.4. The zero-order valence-electron chi connectivity index (χ0n) is 15.4. The minimum atomic E-state index is -0.389. The van der Waals surface area contributed by atoms with Crippen LogP contribution in [0, 0.1) is 30.1 Å². The Morgan fingerprint density at radius 1 is 1.15 bits per heavy atom. The molecule has 5 aliphatic rings. The van der Waals surface area contributed by atoms with Gasteiger partial charge in [0.2, 0.25) is 5.91 Å². The highest BCUT2D eigenvalue weighted by molar-refractivity contribution is 5.83. The Hall–Kier alpha value is -1.78. The first-order valence-corrected chi connectivity index (χ1v) is 10.1. The average Bonchev–Trinajstić information content (AvgIpc) is 3.00. The number of amides is 1. The molecule has 1 aromatic rings. The third-order valence-corrected chi connectivity index (χ3v) is 7.09. The summed E-state index contributed by atoms with van der Waals surface area (Å²) in [4.78, 5) is 27.0. The fourth-order valence-electron chi connectivity index (χ4n) is 6.55. The van der Waals surface area contributed by atoms with E-state index in [2.05, 4.69) is 0 Å². The van der Waals surface area contributed by atoms with Crippen molar-refractivity contribution < 1.29 is 13.9 Å². The van der Waals surface area contributed by atoms with E-state index < -0.39 is 0 Å². The number of nitrogens with zero attached hydrogens (tertiary/aromatic N) is 1. The van der Waals surface area contributed by atoms with Crippen molar-refractivity contribution in [3.63, 3.8) is 0 Å². The summed E-state index contributed by atoms with van der Waals surface area (Å²) in [7, 11) is 0. The van der Waals surface area contributed by atoms with E-state index in [0.717, 1.165) is 50.0 Å². The highest BCUT2D eigenvalue weighted by Gasteiger charge is 2.56. The van der Waals surface area contributed by atoms with Crippen molar-refractivity contribution >= 4 is 5.91 Å². The number of carbonyl (C=O) groups excluding carboxylic acids is 1. The molecule has 1 amide bonds. The highest BCUT2D eigenvalue weighted by atomic mass is 16.5. The molecule has 1 saturated heterocycles. The topological polar surface area (TPSA) is 59.8 Å². The molecule has 0 spiro atoms. The summed E-state index contributed by atoms with van der Waals surface area (Å²) in [6.07, 6.45) is 8.19. The van der Waals surface area contributed by atoms with Crippen molar-refractivity contribution in [2.45, 2.75) is 58.0 Å². The quantitative estimate of drug-likeness (QED) is 0.834. The molecule has 0 aromatic carbocycles. The normalized spacial score (nSPS) is 38.0. The van der Waals surface area contributed by atoms with Crippen molar-refractivity contribution in [2.24, 2.45) is 23.2 Å². The number of rotatable bonds is 3. The first-order chi connectivity index (χ1) is 12.5. The Labute approximate surface area is 153 Å². The fraction of sp³-hybridized carbons (Fsp3) is 0.714. The third kappa shape index (κ3) is 2.76. The Bertz CT molecular complexity index is 747. The van der Waals surface area contributed by atoms with Crippen molar-refractivity contribution in [1.29, 1.82) is 0 Å². The molecule has 1 aromatic heterocycles. The van der Waals surface area contributed by atoms with Gasteiger partial charge in [-0.25, -0.2) is 4.79 Å². The van der Waals surface area contributed by atoms with E-state index in [4.69, 9.17) is 9.15 Å². The second-order valence-corrected chi connectivity index (χ2v) is 9.20. The molecule has 4 bridgehead atoms. The van der Waals surface area contributed by atoms with E-state index in [1.54, 1.807) is 13.0 Å². The summed E-state index contributed by atoms with van der Waals surface area (Å²) >= 11 is 0. The van der Waals surface area contributed by atoms with Gasteiger partial charge < -0.3 is 14.1 Å². The third-order valence-electron chi connectivity index (χ3n) is 7.09. The molecule has 1 unspecified atom stereocenters. The Balaban J connectivity index is 1.27. The minimum Gasteiger partial charge on any atom is -0.488 e. The molecule has 4 saturated carbocycles. The van der Waals surface area contributed by atoms with Gasteiger partial charge in [-0.2, -0.15) is 0 Å². The number of hydrogen-bond donors (Lipinski definition) is 0. The average molecular weight is 357 g/mol. The van der Waals surface area contributed by atoms with Gasteiger partial charge in [0, 0.05) is 19.0 Å². The molecule has 26 heavy (non-hydrogen) atoms. The smallest absolute Gasteiger partial charge is 0.339 e. The second kappa shape index (κ2) is 5.86. The molecule has 1 atom stereocenters. The number of aryl methyl sites for hydroxylation is 1. The van der Waals surface area contributed by atoms with E-state index >= 15 is 0 Å². The maximum atomic E-state index is 13.4. The van der Waals surface area contributed by atoms with Gasteiger partial charge in [0.15, 0.2) is 0 Å². The van der Waals surface area contributed by atoms with Gasteiger partial charge in [-0.3, -0.25) is 4.79 Å². The predicted molar refractivity (Wildman–Crippen MR) is 95.9 cm³/mol. The van der Waals surface area contributed by atoms with Gasteiger partial charge in [-0.1, -0.05) is 0 Å². The molecular formula is C21H27NO4. The van der Waals surface area contributed by atoms with Gasteiger partial charge in [-0.05, 0) is 63.2 Å². The van der Waals surface area contributed by atoms with Crippen LogP contribution in [0.5, 0.6) is 5.75 Å². The summed E-state index contributed by atoms with van der Waals surface area (Å²) < 4.78 is 11.0. The van der Waals surface area contributed by atoms with Crippen molar-refractivity contribution in [3.05, 3.63) is 28.3 Å². The summed E-state index contributed by atoms with van der Waals surface area (Å²) in [5.74, 6) is 3.83. The zero-order chi connectivity index (χ0) is 17.9. The SMILES string of the molecule is Cc1cc(OC2CCN(C(=O)C34CC5CC(CC(C5)C3)C4)C2)cc(=O)o1. The molecule has 2 heterocycles. The monoisotopic (exact) mass is 357 g/mol. The van der Waals surface area contributed by atoms with Crippen LogP contribution >= 0.6 is 0 Å². The second-order valence-electron chi connectivity index (χ2n) is 9.20. The van der Waals surface area contributed by atoms with Crippen LogP contribution in [0.1, 0.15) is 50.7 Å². The van der Waals surface area contributed by atoms with Crippen molar-refractivity contribution in [3.8, 4) is 5.75 Å². The number of hydrogen-bond acceptors (Lipinski definition) is 4. The first kappa shape index (κ1) is 16.4. The molecule has 1 aliphatic heterocycles. The Kier molecular flexibility index (Phi) is 3.70. The lowest BCUT2D eigenvalue weighted by Gasteiger charge is -2.56. The summed E-state index contributed by atoms with van der Waals surface area (Å²) in [6.45, 7) is 3.15. The first-order valence-electron chi connectivity index (χ1n) is 10.1. The molecule has 140 valence electrons.